The van der Waals surface area contributed by atoms with E-state index in [9.17, 15) is 9.59 Å². The van der Waals surface area contributed by atoms with Gasteiger partial charge in [-0.15, -0.1) is 0 Å². The van der Waals surface area contributed by atoms with Crippen molar-refractivity contribution in [1.29, 1.82) is 0 Å². The van der Waals surface area contributed by atoms with Gasteiger partial charge in [-0.3, -0.25) is 0 Å². The fourth-order valence-electron chi connectivity index (χ4n) is 5.80. The monoisotopic (exact) mass is 492 g/mol. The average molecular weight is 493 g/mol. The predicted octanol–water partition coefficient (Wildman–Crippen LogP) is 6.01. The van der Waals surface area contributed by atoms with E-state index in [1.54, 1.807) is 0 Å². The summed E-state index contributed by atoms with van der Waals surface area (Å²) in [5.74, 6) is 2.17. The Balaban J connectivity index is 1.79. The van der Waals surface area contributed by atoms with Gasteiger partial charge in [-0.1, -0.05) is 45.2 Å². The third kappa shape index (κ3) is 4.86. The van der Waals surface area contributed by atoms with E-state index < -0.39 is 24.1 Å². The van der Waals surface area contributed by atoms with E-state index in [2.05, 4.69) is 45.2 Å². The predicted molar refractivity (Wildman–Crippen MR) is 140 cm³/mol. The number of fused-ring (bicyclic) bond motifs is 6. The van der Waals surface area contributed by atoms with Crippen molar-refractivity contribution in [3.8, 4) is 11.5 Å². The Morgan fingerprint density at radius 2 is 1.58 bits per heavy atom. The second-order valence-corrected chi connectivity index (χ2v) is 9.96. The topological polar surface area (TPSA) is 71.1 Å². The van der Waals surface area contributed by atoms with E-state index in [4.69, 9.17) is 18.9 Å². The Bertz CT molecular complexity index is 1180. The third-order valence-electron chi connectivity index (χ3n) is 7.34. The van der Waals surface area contributed by atoms with Gasteiger partial charge in [0.1, 0.15) is 36.9 Å². The standard InChI is InChI=1S/C30H36O6/c1-7-20-11-10-12-22-26(20)30(34-16-19(6)36-25(32)9-3)27-21-13-17(4)23(14-21)28(27)29(22)33-15-18(5)35-24(31)8-2/h8-12,17-19,21,23H,2-3,7,13-16H2,1,4-6H3. The molecule has 0 heterocycles. The second kappa shape index (κ2) is 10.8. The number of hydrogen-bond donors (Lipinski definition) is 0. The van der Waals surface area contributed by atoms with Crippen molar-refractivity contribution in [3.05, 3.63) is 60.2 Å². The molecule has 5 atom stereocenters. The minimum Gasteiger partial charge on any atom is -0.489 e. The van der Waals surface area contributed by atoms with Gasteiger partial charge in [-0.05, 0) is 56.4 Å². The van der Waals surface area contributed by atoms with E-state index in [1.807, 2.05) is 13.8 Å². The third-order valence-corrected chi connectivity index (χ3v) is 7.34. The molecule has 2 aromatic rings. The lowest BCUT2D eigenvalue weighted by atomic mass is 9.81. The van der Waals surface area contributed by atoms with Crippen LogP contribution >= 0.6 is 0 Å². The summed E-state index contributed by atoms with van der Waals surface area (Å²) in [6.07, 6.45) is 4.53. The lowest BCUT2D eigenvalue weighted by Crippen LogP contribution is -2.23. The lowest BCUT2D eigenvalue weighted by molar-refractivity contribution is -0.144. The Kier molecular flexibility index (Phi) is 7.72. The van der Waals surface area contributed by atoms with Gasteiger partial charge in [0.25, 0.3) is 0 Å². The number of carbonyl (C=O) groups excluding carboxylic acids is 2. The molecule has 4 rings (SSSR count). The van der Waals surface area contributed by atoms with Crippen LogP contribution in [-0.2, 0) is 25.5 Å². The zero-order chi connectivity index (χ0) is 26.0. The highest BCUT2D eigenvalue weighted by molar-refractivity contribution is 5.99. The zero-order valence-corrected chi connectivity index (χ0v) is 21.7. The summed E-state index contributed by atoms with van der Waals surface area (Å²) in [4.78, 5) is 23.4. The minimum atomic E-state index is -0.461. The quantitative estimate of drug-likeness (QED) is 0.283. The molecule has 0 aliphatic heterocycles. The van der Waals surface area contributed by atoms with Gasteiger partial charge in [-0.2, -0.15) is 0 Å². The molecule has 1 saturated carbocycles. The molecule has 6 heteroatoms. The van der Waals surface area contributed by atoms with E-state index >= 15 is 0 Å². The van der Waals surface area contributed by atoms with Crippen LogP contribution in [0.15, 0.2) is 43.5 Å². The lowest BCUT2D eigenvalue weighted by Gasteiger charge is -2.29. The molecule has 2 aliphatic rings. The Morgan fingerprint density at radius 3 is 2.17 bits per heavy atom. The van der Waals surface area contributed by atoms with Gasteiger partial charge in [0.05, 0.1) is 0 Å². The number of rotatable bonds is 11. The normalized spacial score (nSPS) is 21.4. The van der Waals surface area contributed by atoms with Crippen molar-refractivity contribution in [2.45, 2.75) is 71.0 Å². The first-order chi connectivity index (χ1) is 17.3. The first kappa shape index (κ1) is 25.8. The van der Waals surface area contributed by atoms with Crippen LogP contribution in [0, 0.1) is 5.92 Å². The number of carbonyl (C=O) groups is 2. The summed E-state index contributed by atoms with van der Waals surface area (Å²) >= 11 is 0. The highest BCUT2D eigenvalue weighted by Crippen LogP contribution is 2.63. The van der Waals surface area contributed by atoms with Gasteiger partial charge in [-0.25, -0.2) is 9.59 Å². The van der Waals surface area contributed by atoms with Crippen molar-refractivity contribution in [3.63, 3.8) is 0 Å². The van der Waals surface area contributed by atoms with Crippen LogP contribution in [0.2, 0.25) is 0 Å². The molecule has 5 unspecified atom stereocenters. The molecule has 6 nitrogen and oxygen atoms in total. The molecular formula is C30H36O6. The summed E-state index contributed by atoms with van der Waals surface area (Å²) in [6.45, 7) is 15.5. The highest BCUT2D eigenvalue weighted by atomic mass is 16.6. The van der Waals surface area contributed by atoms with Gasteiger partial charge < -0.3 is 18.9 Å². The summed E-state index contributed by atoms with van der Waals surface area (Å²) in [7, 11) is 0. The van der Waals surface area contributed by atoms with E-state index in [0.29, 0.717) is 17.8 Å². The van der Waals surface area contributed by atoms with Crippen LogP contribution in [0.25, 0.3) is 10.8 Å². The van der Waals surface area contributed by atoms with E-state index in [1.165, 1.54) is 22.8 Å². The molecule has 1 fully saturated rings. The Labute approximate surface area is 213 Å². The van der Waals surface area contributed by atoms with Crippen LogP contribution in [0.4, 0.5) is 0 Å². The summed E-state index contributed by atoms with van der Waals surface area (Å²) in [5.41, 5.74) is 3.61. The van der Waals surface area contributed by atoms with Gasteiger partial charge in [0, 0.05) is 34.1 Å². The highest BCUT2D eigenvalue weighted by Gasteiger charge is 2.46. The van der Waals surface area contributed by atoms with Crippen molar-refractivity contribution < 1.29 is 28.5 Å². The van der Waals surface area contributed by atoms with Crippen LogP contribution < -0.4 is 9.47 Å². The molecule has 0 saturated heterocycles. The van der Waals surface area contributed by atoms with Gasteiger partial charge in [0.2, 0.25) is 0 Å². The summed E-state index contributed by atoms with van der Waals surface area (Å²) < 4.78 is 23.7. The Hall–Kier alpha value is -3.28. The summed E-state index contributed by atoms with van der Waals surface area (Å²) in [6, 6.07) is 6.25. The molecule has 0 N–H and O–H groups in total. The number of esters is 2. The number of benzene rings is 2. The zero-order valence-electron chi connectivity index (χ0n) is 21.7. The van der Waals surface area contributed by atoms with Crippen molar-refractivity contribution >= 4 is 22.7 Å². The van der Waals surface area contributed by atoms with E-state index in [-0.39, 0.29) is 13.2 Å². The minimum absolute atomic E-state index is 0.248. The number of hydrogen-bond acceptors (Lipinski definition) is 6. The van der Waals surface area contributed by atoms with Gasteiger partial charge >= 0.3 is 11.9 Å². The molecular weight excluding hydrogens is 456 g/mol. The first-order valence-corrected chi connectivity index (χ1v) is 12.8. The fourth-order valence-corrected chi connectivity index (χ4v) is 5.80. The molecule has 2 aliphatic carbocycles. The van der Waals surface area contributed by atoms with Gasteiger partial charge in [0.15, 0.2) is 0 Å². The van der Waals surface area contributed by atoms with Crippen molar-refractivity contribution in [2.75, 3.05) is 13.2 Å². The van der Waals surface area contributed by atoms with Crippen molar-refractivity contribution in [1.82, 2.24) is 0 Å². The average Bonchev–Trinajstić information content (AvgIpc) is 3.43. The molecule has 0 aromatic heterocycles. The first-order valence-electron chi connectivity index (χ1n) is 12.8. The summed E-state index contributed by atoms with van der Waals surface area (Å²) in [5, 5.41) is 2.05. The van der Waals surface area contributed by atoms with Crippen LogP contribution in [-0.4, -0.2) is 37.4 Å². The molecule has 0 spiro atoms. The fraction of sp³-hybridized carbons (Fsp3) is 0.467. The smallest absolute Gasteiger partial charge is 0.330 e. The maximum Gasteiger partial charge on any atom is 0.330 e. The second-order valence-electron chi connectivity index (χ2n) is 9.96. The Morgan fingerprint density at radius 1 is 0.972 bits per heavy atom. The van der Waals surface area contributed by atoms with Crippen LogP contribution in [0.3, 0.4) is 0 Å². The molecule has 36 heavy (non-hydrogen) atoms. The molecule has 2 bridgehead atoms. The van der Waals surface area contributed by atoms with Crippen LogP contribution in [0.5, 0.6) is 11.5 Å². The SMILES string of the molecule is C=CC(=O)OC(C)COc1c2c(c(OCC(C)OC(=O)C=C)c3c(CC)cccc13)C1CC(C)C2C1. The molecule has 192 valence electrons. The molecule has 2 aromatic carbocycles. The number of ether oxygens (including phenoxy) is 4. The number of aryl methyl sites for hydroxylation is 1. The maximum absolute atomic E-state index is 11.7. The maximum atomic E-state index is 11.7. The molecule has 0 radical (unpaired) electrons. The van der Waals surface area contributed by atoms with E-state index in [0.717, 1.165) is 47.6 Å². The van der Waals surface area contributed by atoms with Crippen LogP contribution in [0.1, 0.15) is 69.1 Å². The molecule has 0 amide bonds. The van der Waals surface area contributed by atoms with Crippen molar-refractivity contribution in [2.24, 2.45) is 5.92 Å². The largest absolute Gasteiger partial charge is 0.489 e.